The Labute approximate surface area is 189 Å². The van der Waals surface area contributed by atoms with Crippen LogP contribution < -0.4 is 0 Å². The molecule has 0 N–H and O–H groups in total. The Morgan fingerprint density at radius 2 is 1.81 bits per heavy atom. The van der Waals surface area contributed by atoms with Crippen LogP contribution in [0.3, 0.4) is 0 Å². The van der Waals surface area contributed by atoms with E-state index in [9.17, 15) is 9.18 Å². The maximum absolute atomic E-state index is 13.7. The van der Waals surface area contributed by atoms with Gasteiger partial charge in [0, 0.05) is 28.6 Å². The second-order valence-corrected chi connectivity index (χ2v) is 8.18. The number of carbonyl (C=O) groups is 1. The van der Waals surface area contributed by atoms with Crippen LogP contribution in [0.25, 0.3) is 0 Å². The summed E-state index contributed by atoms with van der Waals surface area (Å²) in [6.45, 7) is 0.606. The van der Waals surface area contributed by atoms with E-state index >= 15 is 0 Å². The molecule has 1 atom stereocenters. The van der Waals surface area contributed by atoms with Gasteiger partial charge in [0.2, 0.25) is 0 Å². The molecular formula is C24H19Cl2FN2O2. The highest BCUT2D eigenvalue weighted by molar-refractivity contribution is 6.31. The lowest BCUT2D eigenvalue weighted by Crippen LogP contribution is -2.37. The van der Waals surface area contributed by atoms with Gasteiger partial charge in [-0.25, -0.2) is 4.39 Å². The zero-order valence-electron chi connectivity index (χ0n) is 16.5. The molecule has 0 fully saturated rings. The van der Waals surface area contributed by atoms with Gasteiger partial charge >= 0.3 is 0 Å². The van der Waals surface area contributed by atoms with Crippen molar-refractivity contribution in [1.82, 2.24) is 4.90 Å². The number of hydrogen-bond acceptors (Lipinski definition) is 3. The first-order chi connectivity index (χ1) is 15.0. The maximum atomic E-state index is 13.7. The Morgan fingerprint density at radius 3 is 2.55 bits per heavy atom. The predicted molar refractivity (Wildman–Crippen MR) is 120 cm³/mol. The zero-order valence-corrected chi connectivity index (χ0v) is 18.0. The third-order valence-corrected chi connectivity index (χ3v) is 5.44. The number of halogens is 3. The van der Waals surface area contributed by atoms with Crippen molar-refractivity contribution in [2.45, 2.75) is 19.1 Å². The van der Waals surface area contributed by atoms with Gasteiger partial charge in [-0.3, -0.25) is 4.79 Å². The standard InChI is InChI=1S/C24H19Cl2FN2O2/c25-19-9-7-17(8-10-19)23-13-22(31-28-23)15-29(14-16-3-1-5-20(26)11-16)24(30)18-4-2-6-21(27)12-18/h1-12,22H,13-15H2/t22-/m1/s1. The molecule has 0 saturated heterocycles. The Balaban J connectivity index is 1.52. The van der Waals surface area contributed by atoms with E-state index in [4.69, 9.17) is 28.0 Å². The minimum absolute atomic E-state index is 0.277. The van der Waals surface area contributed by atoms with Crippen molar-refractivity contribution in [2.75, 3.05) is 6.54 Å². The van der Waals surface area contributed by atoms with Crippen LogP contribution >= 0.6 is 23.2 Å². The fourth-order valence-electron chi connectivity index (χ4n) is 3.46. The normalized spacial score (nSPS) is 15.3. The molecule has 4 rings (SSSR count). The Hall–Kier alpha value is -2.89. The quantitative estimate of drug-likeness (QED) is 0.458. The number of hydrogen-bond donors (Lipinski definition) is 0. The number of benzene rings is 3. The van der Waals surface area contributed by atoms with Crippen LogP contribution in [0.2, 0.25) is 10.0 Å². The summed E-state index contributed by atoms with van der Waals surface area (Å²) in [5, 5.41) is 5.42. The molecule has 0 bridgehead atoms. The van der Waals surface area contributed by atoms with Gasteiger partial charge in [0.05, 0.1) is 12.3 Å². The molecule has 0 aliphatic carbocycles. The molecule has 4 nitrogen and oxygen atoms in total. The van der Waals surface area contributed by atoms with E-state index in [0.717, 1.165) is 16.8 Å². The summed E-state index contributed by atoms with van der Waals surface area (Å²) in [7, 11) is 0. The number of carbonyl (C=O) groups excluding carboxylic acids is 1. The molecule has 0 unspecified atom stereocenters. The van der Waals surface area contributed by atoms with Gasteiger partial charge in [0.25, 0.3) is 5.91 Å². The van der Waals surface area contributed by atoms with Crippen molar-refractivity contribution >= 4 is 34.8 Å². The molecule has 3 aromatic carbocycles. The predicted octanol–water partition coefficient (Wildman–Crippen LogP) is 5.97. The first-order valence-corrected chi connectivity index (χ1v) is 10.5. The maximum Gasteiger partial charge on any atom is 0.254 e. The molecule has 0 saturated carbocycles. The van der Waals surface area contributed by atoms with Crippen molar-refractivity contribution in [3.8, 4) is 0 Å². The lowest BCUT2D eigenvalue weighted by molar-refractivity contribution is 0.0405. The van der Waals surface area contributed by atoms with Gasteiger partial charge in [-0.05, 0) is 53.6 Å². The van der Waals surface area contributed by atoms with E-state index in [1.807, 2.05) is 24.3 Å². The van der Waals surface area contributed by atoms with Crippen LogP contribution in [0, 0.1) is 5.82 Å². The van der Waals surface area contributed by atoms with Crippen molar-refractivity contribution < 1.29 is 14.0 Å². The van der Waals surface area contributed by atoms with Crippen LogP contribution in [-0.2, 0) is 11.4 Å². The molecule has 0 aromatic heterocycles. The summed E-state index contributed by atoms with van der Waals surface area (Å²) in [6, 6.07) is 20.3. The average molecular weight is 457 g/mol. The second-order valence-electron chi connectivity index (χ2n) is 7.30. The molecular weight excluding hydrogens is 438 g/mol. The van der Waals surface area contributed by atoms with Crippen LogP contribution in [0.15, 0.2) is 78.0 Å². The van der Waals surface area contributed by atoms with E-state index in [1.165, 1.54) is 18.2 Å². The number of oxime groups is 1. The van der Waals surface area contributed by atoms with E-state index in [1.54, 1.807) is 35.2 Å². The summed E-state index contributed by atoms with van der Waals surface area (Å²) in [5.41, 5.74) is 2.86. The molecule has 0 radical (unpaired) electrons. The largest absolute Gasteiger partial charge is 0.390 e. The van der Waals surface area contributed by atoms with E-state index in [2.05, 4.69) is 5.16 Å². The summed E-state index contributed by atoms with van der Waals surface area (Å²) < 4.78 is 13.7. The highest BCUT2D eigenvalue weighted by atomic mass is 35.5. The van der Waals surface area contributed by atoms with Crippen molar-refractivity contribution in [2.24, 2.45) is 5.16 Å². The lowest BCUT2D eigenvalue weighted by atomic mass is 10.0. The summed E-state index contributed by atoms with van der Waals surface area (Å²) >= 11 is 12.1. The smallest absolute Gasteiger partial charge is 0.254 e. The molecule has 31 heavy (non-hydrogen) atoms. The monoisotopic (exact) mass is 456 g/mol. The molecule has 0 spiro atoms. The highest BCUT2D eigenvalue weighted by Gasteiger charge is 2.27. The summed E-state index contributed by atoms with van der Waals surface area (Å²) in [6.07, 6.45) is 0.228. The Morgan fingerprint density at radius 1 is 1.03 bits per heavy atom. The van der Waals surface area contributed by atoms with Crippen LogP contribution in [-0.4, -0.2) is 29.2 Å². The second kappa shape index (κ2) is 9.50. The molecule has 1 heterocycles. The molecule has 1 aliphatic heterocycles. The molecule has 158 valence electrons. The van der Waals surface area contributed by atoms with E-state index in [-0.39, 0.29) is 17.6 Å². The lowest BCUT2D eigenvalue weighted by Gasteiger charge is -2.25. The first kappa shape index (κ1) is 21.3. The third kappa shape index (κ3) is 5.43. The van der Waals surface area contributed by atoms with Crippen molar-refractivity contribution in [3.05, 3.63) is 105 Å². The van der Waals surface area contributed by atoms with E-state index < -0.39 is 5.82 Å². The minimum atomic E-state index is -0.459. The zero-order chi connectivity index (χ0) is 21.8. The molecule has 7 heteroatoms. The molecule has 1 aliphatic rings. The van der Waals surface area contributed by atoms with Gasteiger partial charge in [-0.2, -0.15) is 0 Å². The topological polar surface area (TPSA) is 41.9 Å². The SMILES string of the molecule is O=C(c1cccc(F)c1)N(Cc1cccc(Cl)c1)C[C@H]1CC(c2ccc(Cl)cc2)=NO1. The number of rotatable bonds is 6. The van der Waals surface area contributed by atoms with Crippen LogP contribution in [0.1, 0.15) is 27.9 Å². The minimum Gasteiger partial charge on any atom is -0.390 e. The number of amides is 1. The Bertz CT molecular complexity index is 1120. The fraction of sp³-hybridized carbons (Fsp3) is 0.167. The Kier molecular flexibility index (Phi) is 6.54. The summed E-state index contributed by atoms with van der Waals surface area (Å²) in [4.78, 5) is 20.4. The van der Waals surface area contributed by atoms with Crippen LogP contribution in [0.4, 0.5) is 4.39 Å². The fourth-order valence-corrected chi connectivity index (χ4v) is 3.80. The molecule has 3 aromatic rings. The van der Waals surface area contributed by atoms with Gasteiger partial charge < -0.3 is 9.74 Å². The van der Waals surface area contributed by atoms with Crippen molar-refractivity contribution in [1.29, 1.82) is 0 Å². The third-order valence-electron chi connectivity index (χ3n) is 4.96. The molecule has 1 amide bonds. The van der Waals surface area contributed by atoms with Gasteiger partial charge in [0.1, 0.15) is 5.82 Å². The first-order valence-electron chi connectivity index (χ1n) is 9.76. The van der Waals surface area contributed by atoms with Crippen molar-refractivity contribution in [3.63, 3.8) is 0 Å². The number of nitrogens with zero attached hydrogens (tertiary/aromatic N) is 2. The van der Waals surface area contributed by atoms with Gasteiger partial charge in [0.15, 0.2) is 6.10 Å². The van der Waals surface area contributed by atoms with E-state index in [0.29, 0.717) is 29.6 Å². The van der Waals surface area contributed by atoms with Gasteiger partial charge in [-0.1, -0.05) is 58.7 Å². The van der Waals surface area contributed by atoms with Crippen LogP contribution in [0.5, 0.6) is 0 Å². The highest BCUT2D eigenvalue weighted by Crippen LogP contribution is 2.22. The average Bonchev–Trinajstić information content (AvgIpc) is 3.22. The summed E-state index contributed by atoms with van der Waals surface area (Å²) in [5.74, 6) is -0.748. The van der Waals surface area contributed by atoms with Gasteiger partial charge in [-0.15, -0.1) is 0 Å².